The number of imidazole rings is 1. The van der Waals surface area contributed by atoms with E-state index in [1.54, 1.807) is 18.2 Å². The summed E-state index contributed by atoms with van der Waals surface area (Å²) in [7, 11) is 0. The summed E-state index contributed by atoms with van der Waals surface area (Å²) in [5.74, 6) is 2.38. The van der Waals surface area contributed by atoms with Crippen LogP contribution in [0.2, 0.25) is 10.0 Å². The highest BCUT2D eigenvalue weighted by Gasteiger charge is 2.12. The molecule has 160 valence electrons. The number of rotatable bonds is 9. The van der Waals surface area contributed by atoms with E-state index in [2.05, 4.69) is 29.7 Å². The lowest BCUT2D eigenvalue weighted by Gasteiger charge is -2.12. The van der Waals surface area contributed by atoms with Gasteiger partial charge in [-0.3, -0.25) is 0 Å². The molecule has 0 N–H and O–H groups in total. The molecule has 31 heavy (non-hydrogen) atoms. The van der Waals surface area contributed by atoms with Crippen LogP contribution < -0.4 is 9.47 Å². The number of nitrogens with zero attached hydrogens (tertiary/aromatic N) is 2. The Morgan fingerprint density at radius 1 is 0.903 bits per heavy atom. The van der Waals surface area contributed by atoms with E-state index in [1.165, 1.54) is 5.56 Å². The molecule has 0 radical (unpaired) electrons. The lowest BCUT2D eigenvalue weighted by Crippen LogP contribution is -2.09. The predicted octanol–water partition coefficient (Wildman–Crippen LogP) is 7.09. The fourth-order valence-corrected chi connectivity index (χ4v) is 3.95. The Bertz CT molecular complexity index is 1170. The van der Waals surface area contributed by atoms with Crippen LogP contribution in [0.4, 0.5) is 0 Å². The van der Waals surface area contributed by atoms with Gasteiger partial charge in [0.2, 0.25) is 0 Å². The van der Waals surface area contributed by atoms with Crippen molar-refractivity contribution in [1.29, 1.82) is 0 Å². The van der Waals surface area contributed by atoms with E-state index < -0.39 is 0 Å². The zero-order valence-electron chi connectivity index (χ0n) is 17.4. The molecule has 0 fully saturated rings. The van der Waals surface area contributed by atoms with Crippen LogP contribution in [0.15, 0.2) is 66.7 Å². The van der Waals surface area contributed by atoms with Gasteiger partial charge in [0, 0.05) is 11.6 Å². The van der Waals surface area contributed by atoms with Gasteiger partial charge in [-0.15, -0.1) is 0 Å². The van der Waals surface area contributed by atoms with Gasteiger partial charge in [-0.25, -0.2) is 4.98 Å². The van der Waals surface area contributed by atoms with Gasteiger partial charge in [0.05, 0.1) is 22.7 Å². The molecule has 0 spiro atoms. The summed E-state index contributed by atoms with van der Waals surface area (Å²) in [6.07, 6.45) is 1.92. The molecule has 0 saturated heterocycles. The van der Waals surface area contributed by atoms with E-state index in [4.69, 9.17) is 37.7 Å². The highest BCUT2D eigenvalue weighted by Crippen LogP contribution is 2.28. The Balaban J connectivity index is 1.40. The molecule has 0 unspecified atom stereocenters. The van der Waals surface area contributed by atoms with Gasteiger partial charge in [0.25, 0.3) is 0 Å². The number of halogens is 2. The van der Waals surface area contributed by atoms with Crippen LogP contribution >= 0.6 is 23.2 Å². The molecule has 0 bridgehead atoms. The second kappa shape index (κ2) is 10.1. The lowest BCUT2D eigenvalue weighted by atomic mass is 10.2. The molecule has 0 amide bonds. The molecule has 4 aromatic rings. The van der Waals surface area contributed by atoms with Gasteiger partial charge in [0.1, 0.15) is 23.9 Å². The van der Waals surface area contributed by atoms with Crippen LogP contribution in [-0.4, -0.2) is 16.2 Å². The predicted molar refractivity (Wildman–Crippen MR) is 126 cm³/mol. The molecule has 4 nitrogen and oxygen atoms in total. The van der Waals surface area contributed by atoms with Crippen molar-refractivity contribution in [3.8, 4) is 11.5 Å². The van der Waals surface area contributed by atoms with Crippen molar-refractivity contribution in [2.75, 3.05) is 6.61 Å². The molecule has 6 heteroatoms. The number of ether oxygens (including phenoxy) is 2. The van der Waals surface area contributed by atoms with Crippen molar-refractivity contribution in [2.45, 2.75) is 32.9 Å². The topological polar surface area (TPSA) is 36.3 Å². The van der Waals surface area contributed by atoms with Crippen molar-refractivity contribution < 1.29 is 9.47 Å². The van der Waals surface area contributed by atoms with E-state index in [1.807, 2.05) is 30.3 Å². The zero-order chi connectivity index (χ0) is 21.6. The van der Waals surface area contributed by atoms with Gasteiger partial charge in [0.15, 0.2) is 0 Å². The van der Waals surface area contributed by atoms with E-state index in [0.29, 0.717) is 29.0 Å². The van der Waals surface area contributed by atoms with Crippen molar-refractivity contribution in [2.24, 2.45) is 0 Å². The summed E-state index contributed by atoms with van der Waals surface area (Å²) in [6, 6.07) is 21.5. The summed E-state index contributed by atoms with van der Waals surface area (Å²) < 4.78 is 14.0. The van der Waals surface area contributed by atoms with Crippen LogP contribution in [-0.2, 0) is 13.2 Å². The molecule has 1 aromatic heterocycles. The minimum absolute atomic E-state index is 0.329. The van der Waals surface area contributed by atoms with Gasteiger partial charge < -0.3 is 14.0 Å². The summed E-state index contributed by atoms with van der Waals surface area (Å²) in [4.78, 5) is 4.77. The van der Waals surface area contributed by atoms with E-state index in [9.17, 15) is 0 Å². The summed E-state index contributed by atoms with van der Waals surface area (Å²) in [6.45, 7) is 3.92. The summed E-state index contributed by atoms with van der Waals surface area (Å²) >= 11 is 12.2. The number of fused-ring (bicyclic) bond motifs is 1. The van der Waals surface area contributed by atoms with E-state index >= 15 is 0 Å². The first-order valence-corrected chi connectivity index (χ1v) is 11.1. The Hall–Kier alpha value is -2.69. The number of benzene rings is 3. The molecule has 1 heterocycles. The molecule has 0 aliphatic rings. The number of hydrogen-bond donors (Lipinski definition) is 0. The fourth-order valence-electron chi connectivity index (χ4n) is 3.49. The Morgan fingerprint density at radius 3 is 2.61 bits per heavy atom. The number of aryl methyl sites for hydroxylation is 2. The van der Waals surface area contributed by atoms with Crippen molar-refractivity contribution in [3.05, 3.63) is 88.2 Å². The summed E-state index contributed by atoms with van der Waals surface area (Å²) in [5, 5.41) is 1.07. The molecule has 4 rings (SSSR count). The average Bonchev–Trinajstić information content (AvgIpc) is 3.10. The third-order valence-electron chi connectivity index (χ3n) is 5.02. The molecular weight excluding hydrogens is 431 g/mol. The lowest BCUT2D eigenvalue weighted by molar-refractivity contribution is 0.285. The number of aromatic nitrogens is 2. The maximum absolute atomic E-state index is 6.24. The number of hydrogen-bond acceptors (Lipinski definition) is 3. The minimum Gasteiger partial charge on any atom is -0.494 e. The van der Waals surface area contributed by atoms with Gasteiger partial charge in [-0.1, -0.05) is 47.5 Å². The standard InChI is InChI=1S/C25H24Cl2N2O2/c1-18-7-6-8-20(15-18)30-14-5-4-13-29-23-10-3-2-9-22(23)28-25(29)17-31-24-12-11-19(26)16-21(24)27/h2-3,6-12,15-16H,4-5,13-14,17H2,1H3. The first-order chi connectivity index (χ1) is 15.1. The molecular formula is C25H24Cl2N2O2. The van der Waals surface area contributed by atoms with Crippen LogP contribution in [0, 0.1) is 6.92 Å². The molecule has 0 aliphatic heterocycles. The zero-order valence-corrected chi connectivity index (χ0v) is 18.9. The summed E-state index contributed by atoms with van der Waals surface area (Å²) in [5.41, 5.74) is 3.26. The monoisotopic (exact) mass is 454 g/mol. The van der Waals surface area contributed by atoms with E-state index in [-0.39, 0.29) is 0 Å². The third-order valence-corrected chi connectivity index (χ3v) is 5.55. The second-order valence-electron chi connectivity index (χ2n) is 7.40. The normalized spacial score (nSPS) is 11.1. The Morgan fingerprint density at radius 2 is 1.77 bits per heavy atom. The number of para-hydroxylation sites is 2. The van der Waals surface area contributed by atoms with Gasteiger partial charge in [-0.05, 0) is 67.8 Å². The maximum Gasteiger partial charge on any atom is 0.147 e. The van der Waals surface area contributed by atoms with Crippen LogP contribution in [0.5, 0.6) is 11.5 Å². The van der Waals surface area contributed by atoms with E-state index in [0.717, 1.165) is 42.0 Å². The highest BCUT2D eigenvalue weighted by atomic mass is 35.5. The Kier molecular flexibility index (Phi) is 7.00. The Labute approximate surface area is 192 Å². The van der Waals surface area contributed by atoms with Gasteiger partial charge >= 0.3 is 0 Å². The highest BCUT2D eigenvalue weighted by molar-refractivity contribution is 6.35. The largest absolute Gasteiger partial charge is 0.494 e. The van der Waals surface area contributed by atoms with Gasteiger partial charge in [-0.2, -0.15) is 0 Å². The average molecular weight is 455 g/mol. The smallest absolute Gasteiger partial charge is 0.147 e. The fraction of sp³-hybridized carbons (Fsp3) is 0.240. The molecule has 0 atom stereocenters. The molecule has 0 aliphatic carbocycles. The molecule has 3 aromatic carbocycles. The first kappa shape index (κ1) is 21.5. The molecule has 0 saturated carbocycles. The number of unbranched alkanes of at least 4 members (excludes halogenated alkanes) is 1. The maximum atomic E-state index is 6.24. The quantitative estimate of drug-likeness (QED) is 0.253. The van der Waals surface area contributed by atoms with Crippen molar-refractivity contribution >= 4 is 34.2 Å². The van der Waals surface area contributed by atoms with Crippen molar-refractivity contribution in [3.63, 3.8) is 0 Å². The second-order valence-corrected chi connectivity index (χ2v) is 8.25. The van der Waals surface area contributed by atoms with Crippen LogP contribution in [0.3, 0.4) is 0 Å². The SMILES string of the molecule is Cc1cccc(OCCCCn2c(COc3ccc(Cl)cc3Cl)nc3ccccc32)c1. The third kappa shape index (κ3) is 5.52. The van der Waals surface area contributed by atoms with Crippen LogP contribution in [0.25, 0.3) is 11.0 Å². The first-order valence-electron chi connectivity index (χ1n) is 10.3. The van der Waals surface area contributed by atoms with Crippen LogP contribution in [0.1, 0.15) is 24.2 Å². The van der Waals surface area contributed by atoms with Crippen molar-refractivity contribution in [1.82, 2.24) is 9.55 Å². The minimum atomic E-state index is 0.329.